The normalized spacial score (nSPS) is 15.3. The summed E-state index contributed by atoms with van der Waals surface area (Å²) in [6, 6.07) is 0. The van der Waals surface area contributed by atoms with E-state index in [0.717, 1.165) is 0 Å². The Morgan fingerprint density at radius 1 is 1.40 bits per heavy atom. The maximum absolute atomic E-state index is 10.3. The van der Waals surface area contributed by atoms with Crippen LogP contribution in [0.15, 0.2) is 0 Å². The molecular formula is C7H19NO6P+. The Kier molecular flexibility index (Phi) is 5.90. The lowest BCUT2D eigenvalue weighted by atomic mass is 10.3. The zero-order valence-electron chi connectivity index (χ0n) is 8.91. The van der Waals surface area contributed by atoms with Gasteiger partial charge in [-0.1, -0.05) is 0 Å². The Hall–Kier alpha value is -0.0100. The van der Waals surface area contributed by atoms with Crippen molar-refractivity contribution in [3.8, 4) is 0 Å². The smallest absolute Gasteiger partial charge is 0.391 e. The summed E-state index contributed by atoms with van der Waals surface area (Å²) < 4.78 is 14.9. The van der Waals surface area contributed by atoms with Crippen LogP contribution in [0.4, 0.5) is 0 Å². The minimum Gasteiger partial charge on any atom is -0.391 e. The molecule has 0 aliphatic carbocycles. The van der Waals surface area contributed by atoms with Gasteiger partial charge < -0.3 is 24.5 Å². The molecule has 0 amide bonds. The van der Waals surface area contributed by atoms with Crippen LogP contribution in [-0.4, -0.2) is 71.0 Å². The summed E-state index contributed by atoms with van der Waals surface area (Å²) in [6.07, 6.45) is -0.973. The number of phosphoric ester groups is 1. The van der Waals surface area contributed by atoms with Gasteiger partial charge in [-0.3, -0.25) is 4.52 Å². The molecule has 4 N–H and O–H groups in total. The van der Waals surface area contributed by atoms with Crippen LogP contribution in [0.2, 0.25) is 0 Å². The molecule has 0 saturated heterocycles. The van der Waals surface area contributed by atoms with Crippen molar-refractivity contribution in [2.45, 2.75) is 6.10 Å². The van der Waals surface area contributed by atoms with Crippen molar-refractivity contribution in [2.75, 3.05) is 40.4 Å². The van der Waals surface area contributed by atoms with Crippen molar-refractivity contribution in [2.24, 2.45) is 0 Å². The van der Waals surface area contributed by atoms with Gasteiger partial charge in [0, 0.05) is 0 Å². The predicted octanol–water partition coefficient (Wildman–Crippen LogP) is -1.47. The van der Waals surface area contributed by atoms with Crippen molar-refractivity contribution >= 4 is 7.82 Å². The number of hydrogen-bond acceptors (Lipinski definition) is 4. The van der Waals surface area contributed by atoms with Gasteiger partial charge in [0.05, 0.1) is 27.3 Å². The number of quaternary nitrogens is 1. The number of likely N-dealkylation sites (N-methyl/N-ethyl adjacent to an activating group) is 1. The number of aliphatic hydroxyl groups is 2. The van der Waals surface area contributed by atoms with E-state index >= 15 is 0 Å². The molecule has 0 rings (SSSR count). The van der Waals surface area contributed by atoms with Crippen LogP contribution < -0.4 is 0 Å². The molecule has 0 aromatic carbocycles. The van der Waals surface area contributed by atoms with E-state index in [4.69, 9.17) is 14.9 Å². The Morgan fingerprint density at radius 3 is 2.33 bits per heavy atom. The lowest BCUT2D eigenvalue weighted by molar-refractivity contribution is -0.893. The fourth-order valence-corrected chi connectivity index (χ4v) is 1.53. The highest BCUT2D eigenvalue weighted by Crippen LogP contribution is 2.35. The maximum atomic E-state index is 10.3. The summed E-state index contributed by atoms with van der Waals surface area (Å²) in [6.45, 7) is 0.268. The lowest BCUT2D eigenvalue weighted by Crippen LogP contribution is -2.48. The first kappa shape index (κ1) is 15.0. The van der Waals surface area contributed by atoms with Gasteiger partial charge in [0.1, 0.15) is 19.2 Å². The van der Waals surface area contributed by atoms with Crippen molar-refractivity contribution in [1.82, 2.24) is 0 Å². The van der Waals surface area contributed by atoms with Gasteiger partial charge in [-0.2, -0.15) is 0 Å². The molecule has 1 unspecified atom stereocenters. The fourth-order valence-electron chi connectivity index (χ4n) is 1.17. The largest absolute Gasteiger partial charge is 0.469 e. The van der Waals surface area contributed by atoms with E-state index in [-0.39, 0.29) is 13.2 Å². The SMILES string of the molecule is C[N+](C)(CCO)CC(O)COP(=O)(O)O. The Labute approximate surface area is 88.7 Å². The number of rotatable bonds is 7. The van der Waals surface area contributed by atoms with Crippen molar-refractivity contribution in [3.63, 3.8) is 0 Å². The topological polar surface area (TPSA) is 107 Å². The summed E-state index contributed by atoms with van der Waals surface area (Å²) in [5.41, 5.74) is 0. The highest BCUT2D eigenvalue weighted by atomic mass is 31.2. The molecule has 15 heavy (non-hydrogen) atoms. The third-order valence-corrected chi connectivity index (χ3v) is 2.33. The molecule has 92 valence electrons. The quantitative estimate of drug-likeness (QED) is 0.321. The van der Waals surface area contributed by atoms with Crippen LogP contribution in [0, 0.1) is 0 Å². The molecule has 0 heterocycles. The van der Waals surface area contributed by atoms with E-state index in [1.54, 1.807) is 14.1 Å². The van der Waals surface area contributed by atoms with Crippen LogP contribution in [-0.2, 0) is 9.09 Å². The van der Waals surface area contributed by atoms with Crippen LogP contribution in [0.1, 0.15) is 0 Å². The monoisotopic (exact) mass is 244 g/mol. The molecule has 0 saturated carbocycles. The fraction of sp³-hybridized carbons (Fsp3) is 1.00. The van der Waals surface area contributed by atoms with Crippen LogP contribution >= 0.6 is 7.82 Å². The maximum Gasteiger partial charge on any atom is 0.469 e. The average Bonchev–Trinajstić information content (AvgIpc) is 1.98. The van der Waals surface area contributed by atoms with E-state index in [0.29, 0.717) is 11.0 Å². The standard InChI is InChI=1S/C7H18NO6P/c1-8(2,3-4-9)5-7(10)6-14-15(11,12)13/h7,9-10H,3-6H2,1-2H3,(H-,11,12,13)/p+1. The van der Waals surface area contributed by atoms with E-state index in [1.165, 1.54) is 0 Å². The molecule has 0 aromatic heterocycles. The third kappa shape index (κ3) is 8.95. The van der Waals surface area contributed by atoms with Crippen LogP contribution in [0.25, 0.3) is 0 Å². The van der Waals surface area contributed by atoms with Gasteiger partial charge in [0.2, 0.25) is 0 Å². The van der Waals surface area contributed by atoms with Gasteiger partial charge >= 0.3 is 7.82 Å². The van der Waals surface area contributed by atoms with Crippen molar-refractivity contribution in [1.29, 1.82) is 0 Å². The highest BCUT2D eigenvalue weighted by Gasteiger charge is 2.23. The molecule has 0 aliphatic heterocycles. The molecule has 0 spiro atoms. The van der Waals surface area contributed by atoms with Gasteiger partial charge in [-0.25, -0.2) is 4.57 Å². The molecule has 1 atom stereocenters. The molecule has 8 heteroatoms. The predicted molar refractivity (Wildman–Crippen MR) is 52.9 cm³/mol. The van der Waals surface area contributed by atoms with E-state index in [1.807, 2.05) is 0 Å². The number of aliphatic hydroxyl groups excluding tert-OH is 2. The molecule has 7 nitrogen and oxygen atoms in total. The van der Waals surface area contributed by atoms with Crippen LogP contribution in [0.3, 0.4) is 0 Å². The van der Waals surface area contributed by atoms with E-state index in [2.05, 4.69) is 4.52 Å². The first-order valence-corrected chi connectivity index (χ1v) is 6.00. The number of hydrogen-bond donors (Lipinski definition) is 4. The molecule has 0 aliphatic rings. The van der Waals surface area contributed by atoms with Gasteiger partial charge in [0.25, 0.3) is 0 Å². The molecule has 0 bridgehead atoms. The zero-order valence-corrected chi connectivity index (χ0v) is 9.80. The summed E-state index contributed by atoms with van der Waals surface area (Å²) >= 11 is 0. The third-order valence-electron chi connectivity index (χ3n) is 1.85. The van der Waals surface area contributed by atoms with Gasteiger partial charge in [-0.15, -0.1) is 0 Å². The van der Waals surface area contributed by atoms with Crippen molar-refractivity contribution in [3.05, 3.63) is 0 Å². The zero-order chi connectivity index (χ0) is 12.1. The molecule has 0 aromatic rings. The lowest BCUT2D eigenvalue weighted by Gasteiger charge is -2.30. The summed E-state index contributed by atoms with van der Waals surface area (Å²) in [7, 11) is -0.940. The molecular weight excluding hydrogens is 225 g/mol. The van der Waals surface area contributed by atoms with E-state index < -0.39 is 20.5 Å². The van der Waals surface area contributed by atoms with Crippen molar-refractivity contribution < 1.29 is 33.6 Å². The van der Waals surface area contributed by atoms with Gasteiger partial charge in [0.15, 0.2) is 0 Å². The summed E-state index contributed by atoms with van der Waals surface area (Å²) in [4.78, 5) is 16.8. The first-order valence-electron chi connectivity index (χ1n) is 4.47. The summed E-state index contributed by atoms with van der Waals surface area (Å²) in [5.74, 6) is 0. The van der Waals surface area contributed by atoms with E-state index in [9.17, 15) is 9.67 Å². The second-order valence-electron chi connectivity index (χ2n) is 4.01. The Balaban J connectivity index is 3.92. The number of phosphoric acid groups is 1. The van der Waals surface area contributed by atoms with Crippen LogP contribution in [0.5, 0.6) is 0 Å². The minimum absolute atomic E-state index is 0.0148. The highest BCUT2D eigenvalue weighted by molar-refractivity contribution is 7.46. The second-order valence-corrected chi connectivity index (χ2v) is 5.25. The van der Waals surface area contributed by atoms with Gasteiger partial charge in [-0.05, 0) is 0 Å². The average molecular weight is 244 g/mol. The number of nitrogens with zero attached hydrogens (tertiary/aromatic N) is 1. The Morgan fingerprint density at radius 2 is 1.93 bits per heavy atom. The Bertz CT molecular complexity index is 228. The first-order chi connectivity index (χ1) is 6.66. The molecule has 0 fully saturated rings. The second kappa shape index (κ2) is 5.91. The molecule has 0 radical (unpaired) electrons. The minimum atomic E-state index is -4.52. The summed E-state index contributed by atoms with van der Waals surface area (Å²) in [5, 5.41) is 18.1.